The number of anilines is 1. The van der Waals surface area contributed by atoms with Crippen molar-refractivity contribution in [3.8, 4) is 0 Å². The zero-order valence-corrected chi connectivity index (χ0v) is 12.7. The molecule has 0 unspecified atom stereocenters. The molecule has 6 heteroatoms. The summed E-state index contributed by atoms with van der Waals surface area (Å²) in [7, 11) is -3.55. The van der Waals surface area contributed by atoms with Gasteiger partial charge < -0.3 is 0 Å². The van der Waals surface area contributed by atoms with Gasteiger partial charge in [0, 0.05) is 10.8 Å². The summed E-state index contributed by atoms with van der Waals surface area (Å²) in [5.74, 6) is 0. The number of thiazole rings is 1. The molecule has 0 aliphatic carbocycles. The van der Waals surface area contributed by atoms with Crippen LogP contribution in [0.15, 0.2) is 40.6 Å². The molecule has 0 radical (unpaired) electrons. The smallest absolute Gasteiger partial charge is 0.255 e. The van der Waals surface area contributed by atoms with Gasteiger partial charge in [-0.05, 0) is 12.1 Å². The Morgan fingerprint density at radius 1 is 1.16 bits per heavy atom. The SMILES string of the molecule is CC(C)(C)c1csc(NS(=O)(=O)c2ccccc2)n1. The van der Waals surface area contributed by atoms with E-state index >= 15 is 0 Å². The molecule has 2 rings (SSSR count). The summed E-state index contributed by atoms with van der Waals surface area (Å²) < 4.78 is 26.7. The number of benzene rings is 1. The Morgan fingerprint density at radius 2 is 1.79 bits per heavy atom. The molecule has 1 aromatic carbocycles. The zero-order valence-electron chi connectivity index (χ0n) is 11.0. The van der Waals surface area contributed by atoms with E-state index in [1.165, 1.54) is 11.3 Å². The Bertz CT molecular complexity index is 655. The van der Waals surface area contributed by atoms with Gasteiger partial charge >= 0.3 is 0 Å². The number of aromatic nitrogens is 1. The fourth-order valence-electron chi connectivity index (χ4n) is 1.44. The maximum absolute atomic E-state index is 12.1. The largest absolute Gasteiger partial charge is 0.263 e. The molecule has 0 atom stereocenters. The molecule has 0 spiro atoms. The van der Waals surface area contributed by atoms with Crippen LogP contribution in [-0.2, 0) is 15.4 Å². The minimum Gasteiger partial charge on any atom is -0.255 e. The molecule has 0 bridgehead atoms. The molecule has 19 heavy (non-hydrogen) atoms. The number of nitrogens with one attached hydrogen (secondary N) is 1. The minimum absolute atomic E-state index is 0.0903. The molecule has 0 saturated heterocycles. The molecule has 1 heterocycles. The topological polar surface area (TPSA) is 59.1 Å². The van der Waals surface area contributed by atoms with Gasteiger partial charge in [0.15, 0.2) is 5.13 Å². The predicted molar refractivity (Wildman–Crippen MR) is 78.1 cm³/mol. The van der Waals surface area contributed by atoms with Gasteiger partial charge in [-0.15, -0.1) is 11.3 Å². The van der Waals surface area contributed by atoms with Crippen LogP contribution in [0.3, 0.4) is 0 Å². The summed E-state index contributed by atoms with van der Waals surface area (Å²) in [6.45, 7) is 6.12. The Balaban J connectivity index is 2.25. The van der Waals surface area contributed by atoms with Crippen LogP contribution in [0, 0.1) is 0 Å². The van der Waals surface area contributed by atoms with E-state index < -0.39 is 10.0 Å². The lowest BCUT2D eigenvalue weighted by molar-refractivity contribution is 0.573. The highest BCUT2D eigenvalue weighted by molar-refractivity contribution is 7.93. The lowest BCUT2D eigenvalue weighted by Gasteiger charge is -2.14. The molecule has 0 amide bonds. The van der Waals surface area contributed by atoms with Gasteiger partial charge in [0.25, 0.3) is 10.0 Å². The van der Waals surface area contributed by atoms with Gasteiger partial charge in [-0.1, -0.05) is 39.0 Å². The van der Waals surface area contributed by atoms with E-state index in [-0.39, 0.29) is 10.3 Å². The highest BCUT2D eigenvalue weighted by Gasteiger charge is 2.20. The molecule has 2 aromatic rings. The standard InChI is InChI=1S/C13H16N2O2S2/c1-13(2,3)11-9-18-12(14-11)15-19(16,17)10-7-5-4-6-8-10/h4-9H,1-3H3,(H,14,15). The van der Waals surface area contributed by atoms with E-state index in [4.69, 9.17) is 0 Å². The summed E-state index contributed by atoms with van der Waals surface area (Å²) in [5, 5.41) is 2.27. The van der Waals surface area contributed by atoms with E-state index in [9.17, 15) is 8.42 Å². The first-order chi connectivity index (χ1) is 8.79. The molecule has 0 fully saturated rings. The molecule has 1 N–H and O–H groups in total. The second-order valence-corrected chi connectivity index (χ2v) is 7.75. The average molecular weight is 296 g/mol. The Hall–Kier alpha value is -1.40. The van der Waals surface area contributed by atoms with E-state index in [1.54, 1.807) is 30.3 Å². The molecule has 0 aliphatic rings. The second-order valence-electron chi connectivity index (χ2n) is 5.21. The van der Waals surface area contributed by atoms with E-state index in [0.717, 1.165) is 5.69 Å². The Kier molecular flexibility index (Phi) is 3.64. The van der Waals surface area contributed by atoms with Crippen molar-refractivity contribution in [3.05, 3.63) is 41.4 Å². The van der Waals surface area contributed by atoms with Gasteiger partial charge in [0.05, 0.1) is 10.6 Å². The molecular weight excluding hydrogens is 280 g/mol. The normalized spacial score (nSPS) is 12.4. The summed E-state index contributed by atoms with van der Waals surface area (Å²) >= 11 is 1.30. The lowest BCUT2D eigenvalue weighted by Crippen LogP contribution is -2.14. The first-order valence-electron chi connectivity index (χ1n) is 5.83. The Morgan fingerprint density at radius 3 is 2.32 bits per heavy atom. The van der Waals surface area contributed by atoms with Crippen LogP contribution in [-0.4, -0.2) is 13.4 Å². The van der Waals surface area contributed by atoms with Crippen LogP contribution >= 0.6 is 11.3 Å². The first kappa shape index (κ1) is 14.0. The van der Waals surface area contributed by atoms with E-state index in [0.29, 0.717) is 5.13 Å². The third-order valence-corrected chi connectivity index (χ3v) is 4.79. The molecule has 1 aromatic heterocycles. The van der Waals surface area contributed by atoms with Gasteiger partial charge in [-0.25, -0.2) is 13.4 Å². The summed E-state index contributed by atoms with van der Waals surface area (Å²) in [6.07, 6.45) is 0. The molecule has 102 valence electrons. The molecule has 0 saturated carbocycles. The monoisotopic (exact) mass is 296 g/mol. The van der Waals surface area contributed by atoms with Crippen LogP contribution in [0.4, 0.5) is 5.13 Å². The van der Waals surface area contributed by atoms with Crippen molar-refractivity contribution in [2.45, 2.75) is 31.1 Å². The van der Waals surface area contributed by atoms with Crippen LogP contribution in [0.2, 0.25) is 0 Å². The van der Waals surface area contributed by atoms with Crippen molar-refractivity contribution in [2.24, 2.45) is 0 Å². The quantitative estimate of drug-likeness (QED) is 0.946. The van der Waals surface area contributed by atoms with Crippen molar-refractivity contribution in [1.82, 2.24) is 4.98 Å². The first-order valence-corrected chi connectivity index (χ1v) is 8.19. The molecule has 0 aliphatic heterocycles. The Labute approximate surface area is 117 Å². The van der Waals surface area contributed by atoms with Crippen molar-refractivity contribution in [3.63, 3.8) is 0 Å². The van der Waals surface area contributed by atoms with Crippen molar-refractivity contribution < 1.29 is 8.42 Å². The third kappa shape index (κ3) is 3.33. The fraction of sp³-hybridized carbons (Fsp3) is 0.308. The number of hydrogen-bond acceptors (Lipinski definition) is 4. The number of hydrogen-bond donors (Lipinski definition) is 1. The zero-order chi connectivity index (χ0) is 14.1. The van der Waals surface area contributed by atoms with Gasteiger partial charge in [0.1, 0.15) is 0 Å². The lowest BCUT2D eigenvalue weighted by atomic mass is 9.93. The second kappa shape index (κ2) is 4.94. The van der Waals surface area contributed by atoms with Crippen LogP contribution in [0.25, 0.3) is 0 Å². The summed E-state index contributed by atoms with van der Waals surface area (Å²) in [6, 6.07) is 8.27. The van der Waals surface area contributed by atoms with Crippen LogP contribution in [0.5, 0.6) is 0 Å². The number of rotatable bonds is 3. The van der Waals surface area contributed by atoms with Crippen molar-refractivity contribution in [1.29, 1.82) is 0 Å². The highest BCUT2D eigenvalue weighted by Crippen LogP contribution is 2.27. The summed E-state index contributed by atoms with van der Waals surface area (Å²) in [4.78, 5) is 4.56. The molecule has 4 nitrogen and oxygen atoms in total. The van der Waals surface area contributed by atoms with Gasteiger partial charge in [-0.3, -0.25) is 4.72 Å². The van der Waals surface area contributed by atoms with Gasteiger partial charge in [-0.2, -0.15) is 0 Å². The van der Waals surface area contributed by atoms with E-state index in [1.807, 2.05) is 26.2 Å². The van der Waals surface area contributed by atoms with Gasteiger partial charge in [0.2, 0.25) is 0 Å². The van der Waals surface area contributed by atoms with E-state index in [2.05, 4.69) is 9.71 Å². The minimum atomic E-state index is -3.55. The number of nitrogens with zero attached hydrogens (tertiary/aromatic N) is 1. The van der Waals surface area contributed by atoms with Crippen molar-refractivity contribution >= 4 is 26.5 Å². The van der Waals surface area contributed by atoms with Crippen molar-refractivity contribution in [2.75, 3.05) is 4.72 Å². The maximum Gasteiger partial charge on any atom is 0.263 e. The average Bonchev–Trinajstić information content (AvgIpc) is 2.78. The summed E-state index contributed by atoms with van der Waals surface area (Å²) in [5.41, 5.74) is 0.788. The third-order valence-electron chi connectivity index (χ3n) is 2.55. The molecular formula is C13H16N2O2S2. The van der Waals surface area contributed by atoms with Crippen LogP contribution in [0.1, 0.15) is 26.5 Å². The fourth-order valence-corrected chi connectivity index (χ4v) is 3.65. The predicted octanol–water partition coefficient (Wildman–Crippen LogP) is 3.24. The highest BCUT2D eigenvalue weighted by atomic mass is 32.2. The maximum atomic E-state index is 12.1. The van der Waals surface area contributed by atoms with Crippen LogP contribution < -0.4 is 4.72 Å². The number of sulfonamides is 1.